The molecule has 2 heterocycles. The highest BCUT2D eigenvalue weighted by Gasteiger charge is 2.39. The minimum Gasteiger partial charge on any atom is -0.383 e. The zero-order valence-electron chi connectivity index (χ0n) is 8.43. The summed E-state index contributed by atoms with van der Waals surface area (Å²) in [6.07, 6.45) is 6.80. The monoisotopic (exact) mass is 210 g/mol. The molecule has 1 saturated heterocycles. The van der Waals surface area contributed by atoms with E-state index >= 15 is 0 Å². The van der Waals surface area contributed by atoms with Gasteiger partial charge in [0.05, 0.1) is 11.8 Å². The van der Waals surface area contributed by atoms with E-state index in [4.69, 9.17) is 0 Å². The first-order valence-electron chi connectivity index (χ1n) is 4.67. The zero-order chi connectivity index (χ0) is 10.1. The topological polar surface area (TPSA) is 23.6 Å². The summed E-state index contributed by atoms with van der Waals surface area (Å²) in [5, 5.41) is 0.398. The number of carbonyl (C=O) groups excluding carboxylic acids is 1. The van der Waals surface area contributed by atoms with E-state index in [-0.39, 0.29) is 5.91 Å². The van der Waals surface area contributed by atoms with Crippen LogP contribution in [0.25, 0.3) is 0 Å². The number of rotatable bonds is 2. The first-order valence-corrected chi connectivity index (χ1v) is 5.72. The molecule has 1 atom stereocenters. The SMILES string of the molecule is CN(C)C=CC1=CCSC2CC(=O)N12. The van der Waals surface area contributed by atoms with E-state index in [1.165, 1.54) is 0 Å². The lowest BCUT2D eigenvalue weighted by Gasteiger charge is -2.42. The largest absolute Gasteiger partial charge is 0.383 e. The summed E-state index contributed by atoms with van der Waals surface area (Å²) >= 11 is 1.84. The Morgan fingerprint density at radius 3 is 3.07 bits per heavy atom. The van der Waals surface area contributed by atoms with Crippen LogP contribution in [0.2, 0.25) is 0 Å². The molecule has 76 valence electrons. The summed E-state index contributed by atoms with van der Waals surface area (Å²) in [6, 6.07) is 0. The lowest BCUT2D eigenvalue weighted by molar-refractivity contribution is -0.138. The molecule has 1 unspecified atom stereocenters. The van der Waals surface area contributed by atoms with Crippen molar-refractivity contribution < 1.29 is 4.79 Å². The molecule has 0 bridgehead atoms. The lowest BCUT2D eigenvalue weighted by atomic mass is 10.1. The normalized spacial score (nSPS) is 25.9. The second kappa shape index (κ2) is 3.69. The first kappa shape index (κ1) is 9.65. The fourth-order valence-corrected chi connectivity index (χ4v) is 2.69. The number of hydrogen-bond donors (Lipinski definition) is 0. The molecular weight excluding hydrogens is 196 g/mol. The van der Waals surface area contributed by atoms with Gasteiger partial charge in [-0.2, -0.15) is 0 Å². The predicted octanol–water partition coefficient (Wildman–Crippen LogP) is 1.25. The second-order valence-electron chi connectivity index (χ2n) is 3.66. The molecule has 2 rings (SSSR count). The summed E-state index contributed by atoms with van der Waals surface area (Å²) in [7, 11) is 3.95. The standard InChI is InChI=1S/C10H14N2OS/c1-11(2)5-3-8-4-6-14-10-7-9(13)12(8)10/h3-5,10H,6-7H2,1-2H3. The van der Waals surface area contributed by atoms with Crippen molar-refractivity contribution in [2.75, 3.05) is 19.8 Å². The van der Waals surface area contributed by atoms with E-state index in [0.717, 1.165) is 11.4 Å². The van der Waals surface area contributed by atoms with Crippen LogP contribution < -0.4 is 0 Å². The first-order chi connectivity index (χ1) is 6.68. The van der Waals surface area contributed by atoms with Crippen LogP contribution in [0.4, 0.5) is 0 Å². The van der Waals surface area contributed by atoms with Gasteiger partial charge in [0.25, 0.3) is 0 Å². The maximum atomic E-state index is 11.3. The zero-order valence-corrected chi connectivity index (χ0v) is 9.25. The van der Waals surface area contributed by atoms with Gasteiger partial charge in [-0.05, 0) is 6.08 Å². The Balaban J connectivity index is 2.10. The van der Waals surface area contributed by atoms with Gasteiger partial charge in [0.2, 0.25) is 5.91 Å². The van der Waals surface area contributed by atoms with Crippen LogP contribution in [0.15, 0.2) is 24.0 Å². The molecule has 2 aliphatic heterocycles. The number of thioether (sulfide) groups is 1. The van der Waals surface area contributed by atoms with Crippen LogP contribution in [0.5, 0.6) is 0 Å². The van der Waals surface area contributed by atoms with Gasteiger partial charge < -0.3 is 4.90 Å². The van der Waals surface area contributed by atoms with Crippen molar-refractivity contribution in [3.8, 4) is 0 Å². The summed E-state index contributed by atoms with van der Waals surface area (Å²) in [4.78, 5) is 15.2. The fraction of sp³-hybridized carbons (Fsp3) is 0.500. The molecular formula is C10H14N2OS. The van der Waals surface area contributed by atoms with E-state index < -0.39 is 0 Å². The lowest BCUT2D eigenvalue weighted by Crippen LogP contribution is -2.51. The average molecular weight is 210 g/mol. The quantitative estimate of drug-likeness (QED) is 0.641. The second-order valence-corrected chi connectivity index (χ2v) is 4.88. The van der Waals surface area contributed by atoms with E-state index in [0.29, 0.717) is 11.8 Å². The Morgan fingerprint density at radius 2 is 2.43 bits per heavy atom. The summed E-state index contributed by atoms with van der Waals surface area (Å²) in [5.74, 6) is 1.26. The van der Waals surface area contributed by atoms with Gasteiger partial charge in [-0.25, -0.2) is 0 Å². The smallest absolute Gasteiger partial charge is 0.230 e. The van der Waals surface area contributed by atoms with Crippen LogP contribution in [-0.2, 0) is 4.79 Å². The number of allylic oxidation sites excluding steroid dienone is 1. The number of amides is 1. The van der Waals surface area contributed by atoms with E-state index in [1.54, 1.807) is 0 Å². The molecule has 0 aliphatic carbocycles. The molecule has 14 heavy (non-hydrogen) atoms. The molecule has 0 radical (unpaired) electrons. The number of nitrogens with zero attached hydrogens (tertiary/aromatic N) is 2. The Hall–Kier alpha value is -0.900. The number of β-lactam (4-membered cyclic amide) rings is 1. The molecule has 4 heteroatoms. The van der Waals surface area contributed by atoms with Crippen molar-refractivity contribution in [3.63, 3.8) is 0 Å². The molecule has 0 saturated carbocycles. The molecule has 3 nitrogen and oxygen atoms in total. The Labute approximate surface area is 88.4 Å². The van der Waals surface area contributed by atoms with E-state index in [2.05, 4.69) is 6.08 Å². The van der Waals surface area contributed by atoms with Crippen molar-refractivity contribution in [2.45, 2.75) is 11.8 Å². The van der Waals surface area contributed by atoms with Crippen LogP contribution in [0.1, 0.15) is 6.42 Å². The summed E-state index contributed by atoms with van der Waals surface area (Å²) in [6.45, 7) is 0. The molecule has 0 spiro atoms. The van der Waals surface area contributed by atoms with Crippen molar-refractivity contribution in [3.05, 3.63) is 24.0 Å². The number of fused-ring (bicyclic) bond motifs is 1. The Bertz CT molecular complexity index is 309. The van der Waals surface area contributed by atoms with Gasteiger partial charge in [0.1, 0.15) is 0 Å². The van der Waals surface area contributed by atoms with Crippen LogP contribution in [0, 0.1) is 0 Å². The highest BCUT2D eigenvalue weighted by Crippen LogP contribution is 2.37. The van der Waals surface area contributed by atoms with E-state index in [1.807, 2.05) is 47.9 Å². The molecule has 2 aliphatic rings. The van der Waals surface area contributed by atoms with Gasteiger partial charge >= 0.3 is 0 Å². The average Bonchev–Trinajstić information content (AvgIpc) is 2.12. The van der Waals surface area contributed by atoms with Crippen LogP contribution in [0.3, 0.4) is 0 Å². The third-order valence-corrected chi connectivity index (χ3v) is 3.43. The Morgan fingerprint density at radius 1 is 1.64 bits per heavy atom. The van der Waals surface area contributed by atoms with Gasteiger partial charge in [-0.1, -0.05) is 6.08 Å². The summed E-state index contributed by atoms with van der Waals surface area (Å²) < 4.78 is 0. The van der Waals surface area contributed by atoms with Gasteiger partial charge in [0, 0.05) is 31.7 Å². The highest BCUT2D eigenvalue weighted by molar-refractivity contribution is 8.00. The maximum absolute atomic E-state index is 11.3. The number of hydrogen-bond acceptors (Lipinski definition) is 3. The minimum absolute atomic E-state index is 0.247. The highest BCUT2D eigenvalue weighted by atomic mass is 32.2. The van der Waals surface area contributed by atoms with Gasteiger partial charge in [-0.3, -0.25) is 9.69 Å². The molecule has 0 N–H and O–H groups in total. The molecule has 0 aromatic carbocycles. The molecule has 1 fully saturated rings. The maximum Gasteiger partial charge on any atom is 0.230 e. The minimum atomic E-state index is 0.247. The fourth-order valence-electron chi connectivity index (χ4n) is 1.55. The van der Waals surface area contributed by atoms with Gasteiger partial charge in [-0.15, -0.1) is 11.8 Å². The Kier molecular flexibility index (Phi) is 2.54. The van der Waals surface area contributed by atoms with Crippen LogP contribution >= 0.6 is 11.8 Å². The van der Waals surface area contributed by atoms with E-state index in [9.17, 15) is 4.79 Å². The van der Waals surface area contributed by atoms with Gasteiger partial charge in [0.15, 0.2) is 0 Å². The molecule has 0 aromatic heterocycles. The van der Waals surface area contributed by atoms with Crippen molar-refractivity contribution in [1.82, 2.24) is 9.80 Å². The molecule has 1 amide bonds. The van der Waals surface area contributed by atoms with Crippen molar-refractivity contribution in [2.24, 2.45) is 0 Å². The predicted molar refractivity (Wildman–Crippen MR) is 58.6 cm³/mol. The number of carbonyl (C=O) groups is 1. The molecule has 0 aromatic rings. The van der Waals surface area contributed by atoms with Crippen molar-refractivity contribution >= 4 is 17.7 Å². The third kappa shape index (κ3) is 1.66. The van der Waals surface area contributed by atoms with Crippen molar-refractivity contribution in [1.29, 1.82) is 0 Å². The third-order valence-electron chi connectivity index (χ3n) is 2.31. The summed E-state index contributed by atoms with van der Waals surface area (Å²) in [5.41, 5.74) is 1.05. The van der Waals surface area contributed by atoms with Crippen LogP contribution in [-0.4, -0.2) is 40.9 Å².